The van der Waals surface area contributed by atoms with Crippen molar-refractivity contribution in [1.82, 2.24) is 19.5 Å². The number of halogens is 1. The summed E-state index contributed by atoms with van der Waals surface area (Å²) in [6.45, 7) is -0.431. The molecular weight excluding hydrogens is 316 g/mol. The third-order valence-electron chi connectivity index (χ3n) is 3.40. The number of aliphatic hydroxyl groups excluding tert-OH is 2. The number of imidazole rings is 1. The van der Waals surface area contributed by atoms with Crippen molar-refractivity contribution in [1.29, 1.82) is 0 Å². The average Bonchev–Trinajstić information content (AvgIpc) is 3.02. The molecule has 0 spiro atoms. The Morgan fingerprint density at radius 2 is 2.32 bits per heavy atom. The van der Waals surface area contributed by atoms with Crippen LogP contribution in [0.2, 0.25) is 5.28 Å². The van der Waals surface area contributed by atoms with Gasteiger partial charge in [-0.3, -0.25) is 4.57 Å². The molecule has 4 atom stereocenters. The lowest BCUT2D eigenvalue weighted by molar-refractivity contribution is -0.0437. The van der Waals surface area contributed by atoms with E-state index in [0.29, 0.717) is 5.52 Å². The van der Waals surface area contributed by atoms with Gasteiger partial charge in [-0.15, -0.1) is 0 Å². The summed E-state index contributed by atoms with van der Waals surface area (Å²) >= 11 is 5.79. The molecule has 4 N–H and O–H groups in total. The van der Waals surface area contributed by atoms with E-state index in [2.05, 4.69) is 25.0 Å². The van der Waals surface area contributed by atoms with Gasteiger partial charge in [0.2, 0.25) is 5.28 Å². The molecule has 1 unspecified atom stereocenters. The number of rotatable bonds is 3. The van der Waals surface area contributed by atoms with E-state index in [-0.39, 0.29) is 16.7 Å². The van der Waals surface area contributed by atoms with E-state index in [1.807, 2.05) is 0 Å². The molecule has 2 aromatic heterocycles. The normalized spacial score (nSPS) is 28.0. The lowest BCUT2D eigenvalue weighted by Gasteiger charge is -2.17. The number of anilines is 1. The molecule has 1 fully saturated rings. The summed E-state index contributed by atoms with van der Waals surface area (Å²) < 4.78 is 6.96. The standard InChI is InChI=1S/C10H11ClN8O3/c11-10-15-7(12)5-8(16-10)19(2-14-5)9-4(17-18-13)6(21)3(1-20)22-9/h2-4,6,9,20-21H,1H2,(H2,12,15,16)/t3-,4-,6+,9?/m1/s1. The predicted molar refractivity (Wildman–Crippen MR) is 74.7 cm³/mol. The topological polar surface area (TPSA) is 168 Å². The molecule has 0 aromatic carbocycles. The Morgan fingerprint density at radius 3 is 3.00 bits per heavy atom. The number of hydrogen-bond donors (Lipinski definition) is 3. The molecule has 1 aliphatic rings. The summed E-state index contributed by atoms with van der Waals surface area (Å²) in [5.41, 5.74) is 14.9. The van der Waals surface area contributed by atoms with Crippen molar-refractivity contribution in [3.8, 4) is 0 Å². The van der Waals surface area contributed by atoms with Crippen molar-refractivity contribution in [3.05, 3.63) is 22.1 Å². The number of hydrogen-bond acceptors (Lipinski definition) is 8. The maximum atomic E-state index is 10.1. The van der Waals surface area contributed by atoms with Gasteiger partial charge < -0.3 is 20.7 Å². The Kier molecular flexibility index (Phi) is 3.72. The molecule has 116 valence electrons. The quantitative estimate of drug-likeness (QED) is 0.308. The van der Waals surface area contributed by atoms with Crippen molar-refractivity contribution in [2.75, 3.05) is 12.3 Å². The van der Waals surface area contributed by atoms with Crippen LogP contribution in [-0.2, 0) is 4.74 Å². The number of azide groups is 1. The molecule has 12 heteroatoms. The number of nitrogens with zero attached hydrogens (tertiary/aromatic N) is 7. The average molecular weight is 327 g/mol. The van der Waals surface area contributed by atoms with Crippen LogP contribution in [-0.4, -0.2) is 54.6 Å². The zero-order valence-electron chi connectivity index (χ0n) is 11.0. The highest BCUT2D eigenvalue weighted by molar-refractivity contribution is 6.28. The van der Waals surface area contributed by atoms with Crippen molar-refractivity contribution in [2.24, 2.45) is 5.11 Å². The molecule has 0 bridgehead atoms. The minimum absolute atomic E-state index is 0.0793. The van der Waals surface area contributed by atoms with Gasteiger partial charge in [0, 0.05) is 4.91 Å². The molecule has 1 aliphatic heterocycles. The summed E-state index contributed by atoms with van der Waals surface area (Å²) in [7, 11) is 0. The SMILES string of the molecule is [N-]=[N+]=N[C@H]1C(n2cnc3c(N)nc(Cl)nc32)O[C@H](CO)[C@@H]1O. The Morgan fingerprint density at radius 1 is 1.55 bits per heavy atom. The maximum absolute atomic E-state index is 10.1. The lowest BCUT2D eigenvalue weighted by Crippen LogP contribution is -2.31. The Labute approximate surface area is 127 Å². The smallest absolute Gasteiger partial charge is 0.226 e. The second-order valence-corrected chi connectivity index (χ2v) is 4.97. The number of ether oxygens (including phenoxy) is 1. The van der Waals surface area contributed by atoms with Crippen molar-refractivity contribution in [2.45, 2.75) is 24.5 Å². The van der Waals surface area contributed by atoms with Gasteiger partial charge in [0.25, 0.3) is 0 Å². The van der Waals surface area contributed by atoms with Gasteiger partial charge in [0.05, 0.1) is 19.0 Å². The third-order valence-corrected chi connectivity index (χ3v) is 3.57. The van der Waals surface area contributed by atoms with Crippen molar-refractivity contribution in [3.63, 3.8) is 0 Å². The van der Waals surface area contributed by atoms with Crippen molar-refractivity contribution >= 4 is 28.6 Å². The number of nitrogens with two attached hydrogens (primary N) is 1. The maximum Gasteiger partial charge on any atom is 0.226 e. The van der Waals surface area contributed by atoms with Crippen LogP contribution in [0.25, 0.3) is 21.6 Å². The molecule has 3 heterocycles. The van der Waals surface area contributed by atoms with E-state index >= 15 is 0 Å². The largest absolute Gasteiger partial charge is 0.394 e. The molecule has 0 aliphatic carbocycles. The first-order valence-corrected chi connectivity index (χ1v) is 6.58. The lowest BCUT2D eigenvalue weighted by atomic mass is 10.1. The van der Waals surface area contributed by atoms with E-state index < -0.39 is 31.1 Å². The van der Waals surface area contributed by atoms with Crippen LogP contribution in [0, 0.1) is 0 Å². The van der Waals surface area contributed by atoms with Crippen molar-refractivity contribution < 1.29 is 14.9 Å². The van der Waals surface area contributed by atoms with Gasteiger partial charge in [-0.1, -0.05) is 5.11 Å². The molecule has 2 aromatic rings. The number of nitrogen functional groups attached to an aromatic ring is 1. The predicted octanol–water partition coefficient (Wildman–Crippen LogP) is -0.00860. The molecular formula is C10H11ClN8O3. The van der Waals surface area contributed by atoms with Crippen LogP contribution < -0.4 is 5.73 Å². The first-order chi connectivity index (χ1) is 10.6. The summed E-state index contributed by atoms with van der Waals surface area (Å²) in [6.07, 6.45) is -1.60. The molecule has 3 rings (SSSR count). The summed E-state index contributed by atoms with van der Waals surface area (Å²) in [5, 5.41) is 22.7. The summed E-state index contributed by atoms with van der Waals surface area (Å²) in [6, 6.07) is -0.963. The van der Waals surface area contributed by atoms with Crippen LogP contribution >= 0.6 is 11.6 Å². The molecule has 0 saturated carbocycles. The first kappa shape index (κ1) is 14.8. The fourth-order valence-electron chi connectivity index (χ4n) is 2.39. The third kappa shape index (κ3) is 2.21. The minimum Gasteiger partial charge on any atom is -0.394 e. The van der Waals surface area contributed by atoms with Gasteiger partial charge in [0.15, 0.2) is 11.5 Å². The molecule has 1 saturated heterocycles. The first-order valence-electron chi connectivity index (χ1n) is 6.21. The van der Waals surface area contributed by atoms with Crippen LogP contribution in [0.5, 0.6) is 0 Å². The zero-order chi connectivity index (χ0) is 15.9. The highest BCUT2D eigenvalue weighted by Gasteiger charge is 2.44. The van der Waals surface area contributed by atoms with E-state index in [1.165, 1.54) is 10.9 Å². The monoisotopic (exact) mass is 326 g/mol. The second kappa shape index (κ2) is 5.55. The number of fused-ring (bicyclic) bond motifs is 1. The fraction of sp³-hybridized carbons (Fsp3) is 0.500. The molecule has 0 amide bonds. The zero-order valence-corrected chi connectivity index (χ0v) is 11.7. The molecule has 0 radical (unpaired) electrons. The Balaban J connectivity index is 2.11. The van der Waals surface area contributed by atoms with Gasteiger partial charge >= 0.3 is 0 Å². The van der Waals surface area contributed by atoms with Crippen LogP contribution in [0.3, 0.4) is 0 Å². The molecule has 22 heavy (non-hydrogen) atoms. The van der Waals surface area contributed by atoms with E-state index in [1.54, 1.807) is 0 Å². The second-order valence-electron chi connectivity index (χ2n) is 4.64. The van der Waals surface area contributed by atoms with E-state index in [4.69, 9.17) is 27.6 Å². The highest BCUT2D eigenvalue weighted by atomic mass is 35.5. The van der Waals surface area contributed by atoms with Crippen LogP contribution in [0.1, 0.15) is 6.23 Å². The van der Waals surface area contributed by atoms with E-state index in [9.17, 15) is 10.2 Å². The number of aromatic nitrogens is 4. The van der Waals surface area contributed by atoms with Gasteiger partial charge in [-0.25, -0.2) is 4.98 Å². The number of aliphatic hydroxyl groups is 2. The summed E-state index contributed by atoms with van der Waals surface area (Å²) in [4.78, 5) is 14.6. The highest BCUT2D eigenvalue weighted by Crippen LogP contribution is 2.34. The van der Waals surface area contributed by atoms with Gasteiger partial charge in [-0.05, 0) is 17.1 Å². The van der Waals surface area contributed by atoms with Crippen LogP contribution in [0.4, 0.5) is 5.82 Å². The van der Waals surface area contributed by atoms with Crippen LogP contribution in [0.15, 0.2) is 11.4 Å². The van der Waals surface area contributed by atoms with E-state index in [0.717, 1.165) is 0 Å². The summed E-state index contributed by atoms with van der Waals surface area (Å²) in [5.74, 6) is 0.0892. The fourth-order valence-corrected chi connectivity index (χ4v) is 2.56. The van der Waals surface area contributed by atoms with Gasteiger partial charge in [-0.2, -0.15) is 9.97 Å². The minimum atomic E-state index is -1.17. The molecule has 11 nitrogen and oxygen atoms in total. The Bertz CT molecular complexity index is 760. The Hall–Kier alpha value is -2.17. The van der Waals surface area contributed by atoms with Gasteiger partial charge in [0.1, 0.15) is 23.9 Å².